The van der Waals surface area contributed by atoms with Crippen LogP contribution in [0.25, 0.3) is 0 Å². The van der Waals surface area contributed by atoms with Crippen molar-refractivity contribution < 1.29 is 14.2 Å². The van der Waals surface area contributed by atoms with Gasteiger partial charge in [0.05, 0.1) is 13.3 Å². The molecular formula is C10H11N3O3S. The molecule has 0 bridgehead atoms. The zero-order chi connectivity index (χ0) is 12.3. The Bertz CT molecular complexity index is 476. The highest BCUT2D eigenvalue weighted by atomic mass is 32.1. The number of ether oxygens (including phenoxy) is 3. The average Bonchev–Trinajstić information content (AvgIpc) is 2.74. The number of hydrogen-bond acceptors (Lipinski definition) is 5. The first-order valence-electron chi connectivity index (χ1n) is 4.77. The second-order valence-corrected chi connectivity index (χ2v) is 3.62. The van der Waals surface area contributed by atoms with Crippen LogP contribution < -0.4 is 25.4 Å². The van der Waals surface area contributed by atoms with Crippen molar-refractivity contribution in [2.75, 3.05) is 13.9 Å². The van der Waals surface area contributed by atoms with Crippen molar-refractivity contribution in [1.29, 1.82) is 0 Å². The van der Waals surface area contributed by atoms with Gasteiger partial charge in [-0.15, -0.1) is 0 Å². The fourth-order valence-electron chi connectivity index (χ4n) is 1.38. The summed E-state index contributed by atoms with van der Waals surface area (Å²) in [5, 5.41) is 3.96. The monoisotopic (exact) mass is 253 g/mol. The zero-order valence-electron chi connectivity index (χ0n) is 9.10. The largest absolute Gasteiger partial charge is 0.496 e. The van der Waals surface area contributed by atoms with Gasteiger partial charge in [0.2, 0.25) is 6.79 Å². The lowest BCUT2D eigenvalue weighted by Crippen LogP contribution is -2.24. The van der Waals surface area contributed by atoms with Gasteiger partial charge in [-0.3, -0.25) is 5.43 Å². The quantitative estimate of drug-likeness (QED) is 0.466. The predicted octanol–water partition coefficient (Wildman–Crippen LogP) is 0.591. The Balaban J connectivity index is 2.26. The molecule has 3 N–H and O–H groups in total. The van der Waals surface area contributed by atoms with E-state index in [0.717, 1.165) is 5.56 Å². The highest BCUT2D eigenvalue weighted by Crippen LogP contribution is 2.37. The molecule has 2 rings (SSSR count). The first kappa shape index (κ1) is 11.5. The molecule has 0 amide bonds. The minimum absolute atomic E-state index is 0.0981. The Morgan fingerprint density at radius 2 is 2.24 bits per heavy atom. The van der Waals surface area contributed by atoms with Crippen LogP contribution in [0.15, 0.2) is 17.2 Å². The summed E-state index contributed by atoms with van der Waals surface area (Å²) in [6, 6.07) is 3.51. The molecule has 1 aromatic rings. The molecule has 0 radical (unpaired) electrons. The third-order valence-corrected chi connectivity index (χ3v) is 2.19. The third-order valence-electron chi connectivity index (χ3n) is 2.10. The Hall–Kier alpha value is -2.02. The molecule has 0 saturated heterocycles. The van der Waals surface area contributed by atoms with Crippen molar-refractivity contribution in [3.05, 3.63) is 17.7 Å². The molecule has 0 unspecified atom stereocenters. The SMILES string of the molecule is COc1cc2c(cc1C=NNC(N)=S)OCO2. The smallest absolute Gasteiger partial charge is 0.231 e. The van der Waals surface area contributed by atoms with E-state index < -0.39 is 0 Å². The Labute approximate surface area is 103 Å². The maximum absolute atomic E-state index is 5.26. The number of methoxy groups -OCH3 is 1. The van der Waals surface area contributed by atoms with Crippen LogP contribution in [0.2, 0.25) is 0 Å². The number of nitrogens with zero attached hydrogens (tertiary/aromatic N) is 1. The van der Waals surface area contributed by atoms with Gasteiger partial charge in [0.15, 0.2) is 16.6 Å². The molecule has 90 valence electrons. The maximum Gasteiger partial charge on any atom is 0.231 e. The highest BCUT2D eigenvalue weighted by Gasteiger charge is 2.16. The topological polar surface area (TPSA) is 78.1 Å². The fourth-order valence-corrected chi connectivity index (χ4v) is 1.43. The van der Waals surface area contributed by atoms with Crippen LogP contribution in [0.1, 0.15) is 5.56 Å². The van der Waals surface area contributed by atoms with Gasteiger partial charge in [-0.05, 0) is 18.3 Å². The highest BCUT2D eigenvalue weighted by molar-refractivity contribution is 7.80. The van der Waals surface area contributed by atoms with E-state index in [-0.39, 0.29) is 11.9 Å². The molecule has 1 aliphatic rings. The number of benzene rings is 1. The minimum Gasteiger partial charge on any atom is -0.496 e. The molecule has 0 saturated carbocycles. The summed E-state index contributed by atoms with van der Waals surface area (Å²) >= 11 is 4.63. The molecule has 1 heterocycles. The van der Waals surface area contributed by atoms with Crippen LogP contribution in [0, 0.1) is 0 Å². The zero-order valence-corrected chi connectivity index (χ0v) is 9.91. The molecule has 1 aliphatic heterocycles. The lowest BCUT2D eigenvalue weighted by molar-refractivity contribution is 0.174. The third kappa shape index (κ3) is 2.56. The van der Waals surface area contributed by atoms with Gasteiger partial charge >= 0.3 is 0 Å². The second kappa shape index (κ2) is 4.88. The summed E-state index contributed by atoms with van der Waals surface area (Å²) in [7, 11) is 1.57. The first-order valence-corrected chi connectivity index (χ1v) is 5.17. The van der Waals surface area contributed by atoms with Crippen LogP contribution in [-0.4, -0.2) is 25.2 Å². The number of nitrogens with two attached hydrogens (primary N) is 1. The molecule has 0 fully saturated rings. The second-order valence-electron chi connectivity index (χ2n) is 3.18. The summed E-state index contributed by atoms with van der Waals surface area (Å²) in [6.45, 7) is 0.213. The molecule has 7 heteroatoms. The van der Waals surface area contributed by atoms with Gasteiger partial charge in [-0.25, -0.2) is 0 Å². The Morgan fingerprint density at radius 1 is 1.53 bits per heavy atom. The normalized spacial score (nSPS) is 12.8. The first-order chi connectivity index (χ1) is 8.20. The summed E-state index contributed by atoms with van der Waals surface area (Å²) in [6.07, 6.45) is 1.54. The predicted molar refractivity (Wildman–Crippen MR) is 66.6 cm³/mol. The summed E-state index contributed by atoms with van der Waals surface area (Å²) in [5.41, 5.74) is 8.45. The van der Waals surface area contributed by atoms with Crippen molar-refractivity contribution >= 4 is 23.5 Å². The van der Waals surface area contributed by atoms with E-state index in [9.17, 15) is 0 Å². The van der Waals surface area contributed by atoms with Gasteiger partial charge < -0.3 is 19.9 Å². The molecule has 0 atom stereocenters. The molecule has 1 aromatic carbocycles. The number of nitrogens with one attached hydrogen (secondary N) is 1. The standard InChI is InChI=1S/C10H11N3O3S/c1-14-7-3-9-8(15-5-16-9)2-6(7)4-12-13-10(11)17/h2-4H,5H2,1H3,(H3,11,13,17). The summed E-state index contributed by atoms with van der Waals surface area (Å²) in [5.74, 6) is 1.94. The number of hydrogen-bond donors (Lipinski definition) is 2. The van der Waals surface area contributed by atoms with E-state index in [1.165, 1.54) is 0 Å². The lowest BCUT2D eigenvalue weighted by atomic mass is 10.2. The van der Waals surface area contributed by atoms with E-state index in [1.54, 1.807) is 25.5 Å². The number of fused-ring (bicyclic) bond motifs is 1. The van der Waals surface area contributed by atoms with Crippen molar-refractivity contribution in [2.45, 2.75) is 0 Å². The van der Waals surface area contributed by atoms with Crippen molar-refractivity contribution in [3.63, 3.8) is 0 Å². The van der Waals surface area contributed by atoms with Gasteiger partial charge in [0.1, 0.15) is 5.75 Å². The number of hydrazone groups is 1. The molecule has 6 nitrogen and oxygen atoms in total. The summed E-state index contributed by atoms with van der Waals surface area (Å²) < 4.78 is 15.7. The van der Waals surface area contributed by atoms with Gasteiger partial charge in [-0.1, -0.05) is 0 Å². The van der Waals surface area contributed by atoms with E-state index >= 15 is 0 Å². The van der Waals surface area contributed by atoms with Crippen molar-refractivity contribution in [2.24, 2.45) is 10.8 Å². The Kier molecular flexibility index (Phi) is 3.29. The minimum atomic E-state index is 0.0981. The van der Waals surface area contributed by atoms with E-state index in [4.69, 9.17) is 19.9 Å². The summed E-state index contributed by atoms with van der Waals surface area (Å²) in [4.78, 5) is 0. The van der Waals surface area contributed by atoms with E-state index in [1.807, 2.05) is 0 Å². The molecule has 0 spiro atoms. The number of thiocarbonyl (C=S) groups is 1. The van der Waals surface area contributed by atoms with Crippen LogP contribution in [-0.2, 0) is 0 Å². The van der Waals surface area contributed by atoms with Crippen molar-refractivity contribution in [1.82, 2.24) is 5.43 Å². The van der Waals surface area contributed by atoms with Crippen LogP contribution in [0.5, 0.6) is 17.2 Å². The van der Waals surface area contributed by atoms with Crippen molar-refractivity contribution in [3.8, 4) is 17.2 Å². The lowest BCUT2D eigenvalue weighted by Gasteiger charge is -2.05. The van der Waals surface area contributed by atoms with Crippen LogP contribution in [0.3, 0.4) is 0 Å². The van der Waals surface area contributed by atoms with E-state index in [2.05, 4.69) is 22.7 Å². The van der Waals surface area contributed by atoms with E-state index in [0.29, 0.717) is 17.2 Å². The molecule has 0 aromatic heterocycles. The molecule has 17 heavy (non-hydrogen) atoms. The maximum atomic E-state index is 5.26. The van der Waals surface area contributed by atoms with Crippen LogP contribution >= 0.6 is 12.2 Å². The fraction of sp³-hybridized carbons (Fsp3) is 0.200. The van der Waals surface area contributed by atoms with Gasteiger partial charge in [0, 0.05) is 11.6 Å². The number of rotatable bonds is 3. The average molecular weight is 253 g/mol. The van der Waals surface area contributed by atoms with Gasteiger partial charge in [-0.2, -0.15) is 5.10 Å². The Morgan fingerprint density at radius 3 is 2.88 bits per heavy atom. The molecular weight excluding hydrogens is 242 g/mol. The molecule has 0 aliphatic carbocycles. The van der Waals surface area contributed by atoms with Crippen LogP contribution in [0.4, 0.5) is 0 Å². The van der Waals surface area contributed by atoms with Gasteiger partial charge in [0.25, 0.3) is 0 Å².